The van der Waals surface area contributed by atoms with Gasteiger partial charge in [0.25, 0.3) is 0 Å². The molecule has 3 nitrogen and oxygen atoms in total. The molecule has 0 aliphatic carbocycles. The molecule has 0 fully saturated rings. The van der Waals surface area contributed by atoms with Gasteiger partial charge in [-0.25, -0.2) is 0 Å². The van der Waals surface area contributed by atoms with Crippen LogP contribution in [0.5, 0.6) is 5.75 Å². The van der Waals surface area contributed by atoms with Gasteiger partial charge in [0.2, 0.25) is 0 Å². The highest BCUT2D eigenvalue weighted by Gasteiger charge is 2.06. The van der Waals surface area contributed by atoms with Crippen molar-refractivity contribution in [3.8, 4) is 5.75 Å². The van der Waals surface area contributed by atoms with E-state index >= 15 is 0 Å². The second kappa shape index (κ2) is 6.84. The molecule has 4 heteroatoms. The normalized spacial score (nSPS) is 12.5. The van der Waals surface area contributed by atoms with Crippen molar-refractivity contribution in [2.75, 3.05) is 13.7 Å². The van der Waals surface area contributed by atoms with Crippen molar-refractivity contribution in [2.24, 2.45) is 5.73 Å². The Labute approximate surface area is 108 Å². The van der Waals surface area contributed by atoms with Gasteiger partial charge in [-0.2, -0.15) is 0 Å². The van der Waals surface area contributed by atoms with Crippen LogP contribution in [0.15, 0.2) is 12.1 Å². The standard InChI is InChI=1S/C13H21ClN2O/c1-9-6-13(17-3)11(7-12(9)14)8-16-5-4-10(2)15/h6-7,10,16H,4-5,8,15H2,1-3H3. The molecule has 0 saturated heterocycles. The lowest BCUT2D eigenvalue weighted by molar-refractivity contribution is 0.407. The lowest BCUT2D eigenvalue weighted by Crippen LogP contribution is -2.23. The Morgan fingerprint density at radius 1 is 1.47 bits per heavy atom. The zero-order valence-corrected chi connectivity index (χ0v) is 11.5. The Morgan fingerprint density at radius 3 is 2.76 bits per heavy atom. The third kappa shape index (κ3) is 4.54. The van der Waals surface area contributed by atoms with Crippen LogP contribution in [0.1, 0.15) is 24.5 Å². The molecule has 1 aromatic carbocycles. The molecule has 0 bridgehead atoms. The van der Waals surface area contributed by atoms with Gasteiger partial charge in [-0.3, -0.25) is 0 Å². The summed E-state index contributed by atoms with van der Waals surface area (Å²) in [6, 6.07) is 4.14. The highest BCUT2D eigenvalue weighted by molar-refractivity contribution is 6.31. The van der Waals surface area contributed by atoms with E-state index in [4.69, 9.17) is 22.1 Å². The van der Waals surface area contributed by atoms with Gasteiger partial charge in [0.1, 0.15) is 5.75 Å². The second-order valence-electron chi connectivity index (χ2n) is 4.36. The van der Waals surface area contributed by atoms with E-state index in [0.29, 0.717) is 0 Å². The average Bonchev–Trinajstić information content (AvgIpc) is 2.28. The van der Waals surface area contributed by atoms with Gasteiger partial charge in [0, 0.05) is 23.2 Å². The summed E-state index contributed by atoms with van der Waals surface area (Å²) in [6.45, 7) is 5.62. The Hall–Kier alpha value is -0.770. The highest BCUT2D eigenvalue weighted by Crippen LogP contribution is 2.26. The molecular weight excluding hydrogens is 236 g/mol. The van der Waals surface area contributed by atoms with Crippen molar-refractivity contribution in [2.45, 2.75) is 32.9 Å². The lowest BCUT2D eigenvalue weighted by Gasteiger charge is -2.12. The first-order valence-corrected chi connectivity index (χ1v) is 6.21. The first-order chi connectivity index (χ1) is 8.04. The minimum atomic E-state index is 0.228. The quantitative estimate of drug-likeness (QED) is 0.769. The van der Waals surface area contributed by atoms with E-state index in [0.717, 1.165) is 41.4 Å². The Morgan fingerprint density at radius 2 is 2.18 bits per heavy atom. The maximum Gasteiger partial charge on any atom is 0.123 e. The van der Waals surface area contributed by atoms with E-state index in [1.165, 1.54) is 0 Å². The first kappa shape index (κ1) is 14.3. The fourth-order valence-electron chi connectivity index (χ4n) is 1.58. The first-order valence-electron chi connectivity index (χ1n) is 5.84. The second-order valence-corrected chi connectivity index (χ2v) is 4.76. The maximum absolute atomic E-state index is 6.10. The maximum atomic E-state index is 6.10. The largest absolute Gasteiger partial charge is 0.496 e. The average molecular weight is 257 g/mol. The molecule has 0 heterocycles. The molecule has 0 spiro atoms. The summed E-state index contributed by atoms with van der Waals surface area (Å²) < 4.78 is 5.34. The van der Waals surface area contributed by atoms with Crippen LogP contribution in [0, 0.1) is 6.92 Å². The molecule has 1 atom stereocenters. The van der Waals surface area contributed by atoms with Gasteiger partial charge in [0.05, 0.1) is 7.11 Å². The molecule has 0 amide bonds. The summed E-state index contributed by atoms with van der Waals surface area (Å²) in [4.78, 5) is 0. The predicted molar refractivity (Wildman–Crippen MR) is 72.7 cm³/mol. The lowest BCUT2D eigenvalue weighted by atomic mass is 10.1. The Balaban J connectivity index is 2.60. The third-order valence-corrected chi connectivity index (χ3v) is 3.06. The summed E-state index contributed by atoms with van der Waals surface area (Å²) in [5.74, 6) is 0.875. The van der Waals surface area contributed by atoms with Crippen molar-refractivity contribution in [1.82, 2.24) is 5.32 Å². The molecule has 1 unspecified atom stereocenters. The van der Waals surface area contributed by atoms with Crippen LogP contribution in [-0.4, -0.2) is 19.7 Å². The van der Waals surface area contributed by atoms with E-state index in [-0.39, 0.29) is 6.04 Å². The summed E-state index contributed by atoms with van der Waals surface area (Å²) in [5, 5.41) is 4.11. The van der Waals surface area contributed by atoms with Crippen molar-refractivity contribution in [3.63, 3.8) is 0 Å². The van der Waals surface area contributed by atoms with E-state index in [1.807, 2.05) is 26.0 Å². The summed E-state index contributed by atoms with van der Waals surface area (Å²) in [6.07, 6.45) is 0.960. The minimum absolute atomic E-state index is 0.228. The van der Waals surface area contributed by atoms with E-state index in [1.54, 1.807) is 7.11 Å². The van der Waals surface area contributed by atoms with Crippen LogP contribution >= 0.6 is 11.6 Å². The molecule has 1 rings (SSSR count). The van der Waals surface area contributed by atoms with E-state index in [9.17, 15) is 0 Å². The number of nitrogens with one attached hydrogen (secondary N) is 1. The van der Waals surface area contributed by atoms with Crippen molar-refractivity contribution < 1.29 is 4.74 Å². The van der Waals surface area contributed by atoms with Crippen LogP contribution in [0.3, 0.4) is 0 Å². The molecule has 96 valence electrons. The number of hydrogen-bond acceptors (Lipinski definition) is 3. The smallest absolute Gasteiger partial charge is 0.123 e. The fraction of sp³-hybridized carbons (Fsp3) is 0.538. The SMILES string of the molecule is COc1cc(C)c(Cl)cc1CNCCC(C)N. The molecule has 0 aliphatic heterocycles. The van der Waals surface area contributed by atoms with E-state index < -0.39 is 0 Å². The fourth-order valence-corrected chi connectivity index (χ4v) is 1.76. The van der Waals surface area contributed by atoms with Crippen molar-refractivity contribution in [1.29, 1.82) is 0 Å². The van der Waals surface area contributed by atoms with Crippen LogP contribution in [0.25, 0.3) is 0 Å². The summed E-state index contributed by atoms with van der Waals surface area (Å²) >= 11 is 6.10. The van der Waals surface area contributed by atoms with Crippen molar-refractivity contribution in [3.05, 3.63) is 28.3 Å². The van der Waals surface area contributed by atoms with Crippen LogP contribution < -0.4 is 15.8 Å². The van der Waals surface area contributed by atoms with Gasteiger partial charge < -0.3 is 15.8 Å². The highest BCUT2D eigenvalue weighted by atomic mass is 35.5. The van der Waals surface area contributed by atoms with Crippen LogP contribution in [0.4, 0.5) is 0 Å². The molecule has 0 radical (unpaired) electrons. The number of rotatable bonds is 6. The van der Waals surface area contributed by atoms with Crippen molar-refractivity contribution >= 4 is 11.6 Å². The topological polar surface area (TPSA) is 47.3 Å². The number of benzene rings is 1. The molecule has 1 aromatic rings. The number of hydrogen-bond donors (Lipinski definition) is 2. The summed E-state index contributed by atoms with van der Waals surface area (Å²) in [5.41, 5.74) is 7.79. The number of methoxy groups -OCH3 is 1. The zero-order chi connectivity index (χ0) is 12.8. The number of ether oxygens (including phenoxy) is 1. The van der Waals surface area contributed by atoms with Gasteiger partial charge in [-0.15, -0.1) is 0 Å². The van der Waals surface area contributed by atoms with Gasteiger partial charge in [-0.05, 0) is 44.5 Å². The Kier molecular flexibility index (Phi) is 5.75. The molecular formula is C13H21ClN2O. The van der Waals surface area contributed by atoms with Crippen LogP contribution in [0.2, 0.25) is 5.02 Å². The monoisotopic (exact) mass is 256 g/mol. The number of halogens is 1. The van der Waals surface area contributed by atoms with E-state index in [2.05, 4.69) is 5.32 Å². The third-order valence-electron chi connectivity index (χ3n) is 2.65. The minimum Gasteiger partial charge on any atom is -0.496 e. The molecule has 0 saturated carbocycles. The molecule has 0 aromatic heterocycles. The van der Waals surface area contributed by atoms with Gasteiger partial charge >= 0.3 is 0 Å². The Bertz CT molecular complexity index is 367. The zero-order valence-electron chi connectivity index (χ0n) is 10.7. The van der Waals surface area contributed by atoms with Gasteiger partial charge in [0.15, 0.2) is 0 Å². The van der Waals surface area contributed by atoms with Crippen LogP contribution in [-0.2, 0) is 6.54 Å². The molecule has 3 N–H and O–H groups in total. The number of aryl methyl sites for hydroxylation is 1. The predicted octanol–water partition coefficient (Wildman–Crippen LogP) is 2.48. The number of nitrogens with two attached hydrogens (primary N) is 1. The summed E-state index contributed by atoms with van der Waals surface area (Å²) in [7, 11) is 1.67. The molecule has 0 aliphatic rings. The molecule has 17 heavy (non-hydrogen) atoms. The van der Waals surface area contributed by atoms with Gasteiger partial charge in [-0.1, -0.05) is 11.6 Å².